The topological polar surface area (TPSA) is 63.7 Å². The molecule has 0 unspecified atom stereocenters. The average Bonchev–Trinajstić information content (AvgIpc) is 2.73. The molecule has 1 amide bonds. The van der Waals surface area contributed by atoms with E-state index in [1.165, 1.54) is 0 Å². The molecule has 2 aliphatic heterocycles. The molecule has 0 bridgehead atoms. The quantitative estimate of drug-likeness (QED) is 0.706. The van der Waals surface area contributed by atoms with Gasteiger partial charge in [0, 0.05) is 41.0 Å². The lowest BCUT2D eigenvalue weighted by Gasteiger charge is -2.35. The van der Waals surface area contributed by atoms with Crippen molar-refractivity contribution in [1.82, 2.24) is 15.2 Å². The second kappa shape index (κ2) is 9.32. The highest BCUT2D eigenvalue weighted by molar-refractivity contribution is 9.10. The Kier molecular flexibility index (Phi) is 6.57. The van der Waals surface area contributed by atoms with Crippen LogP contribution in [0.1, 0.15) is 23.2 Å². The van der Waals surface area contributed by atoms with Gasteiger partial charge in [-0.3, -0.25) is 14.7 Å². The number of fused-ring (bicyclic) bond motifs is 1. The molecule has 1 atom stereocenters. The van der Waals surface area contributed by atoms with Crippen LogP contribution in [0.25, 0.3) is 0 Å². The van der Waals surface area contributed by atoms with Gasteiger partial charge in [0.2, 0.25) is 0 Å². The predicted molar refractivity (Wildman–Crippen MR) is 115 cm³/mol. The fraction of sp³-hybridized carbons (Fsp3) is 0.429. The van der Waals surface area contributed by atoms with Crippen molar-refractivity contribution < 1.29 is 14.3 Å². The summed E-state index contributed by atoms with van der Waals surface area (Å²) in [5, 5.41) is 3.68. The highest BCUT2D eigenvalue weighted by Crippen LogP contribution is 2.34. The summed E-state index contributed by atoms with van der Waals surface area (Å²) in [5.41, 5.74) is 0.576. The number of hydrogen-bond donors (Lipinski definition) is 1. The number of carbonyl (C=O) groups is 1. The third-order valence-corrected chi connectivity index (χ3v) is 5.98. The molecule has 1 fully saturated rings. The maximum Gasteiger partial charge on any atom is 0.252 e. The van der Waals surface area contributed by atoms with Crippen LogP contribution in [0.15, 0.2) is 41.1 Å². The van der Waals surface area contributed by atoms with E-state index >= 15 is 0 Å². The van der Waals surface area contributed by atoms with Crippen LogP contribution in [-0.4, -0.2) is 54.7 Å². The van der Waals surface area contributed by atoms with Crippen LogP contribution in [-0.2, 0) is 0 Å². The number of piperidine rings is 1. The zero-order valence-electron chi connectivity index (χ0n) is 15.9. The van der Waals surface area contributed by atoms with Crippen molar-refractivity contribution in [2.45, 2.75) is 18.9 Å². The largest absolute Gasteiger partial charge is 0.486 e. The summed E-state index contributed by atoms with van der Waals surface area (Å²) in [6, 6.07) is 7.24. The number of ether oxygens (including phenoxy) is 2. The Morgan fingerprint density at radius 3 is 2.86 bits per heavy atom. The van der Waals surface area contributed by atoms with Gasteiger partial charge in [-0.1, -0.05) is 11.6 Å². The second-order valence-electron chi connectivity index (χ2n) is 7.49. The van der Waals surface area contributed by atoms with Crippen LogP contribution in [0, 0.1) is 5.92 Å². The van der Waals surface area contributed by atoms with Gasteiger partial charge in [-0.25, -0.2) is 0 Å². The molecule has 0 aliphatic carbocycles. The second-order valence-corrected chi connectivity index (χ2v) is 8.84. The SMILES string of the molecule is O=C(NCC1CCN(C[C@H]2COc3ccc(Cl)cc3O2)CC1)c1cncc(Br)c1. The summed E-state index contributed by atoms with van der Waals surface area (Å²) in [5.74, 6) is 1.87. The Bertz CT molecular complexity index is 874. The highest BCUT2D eigenvalue weighted by Gasteiger charge is 2.26. The third-order valence-electron chi connectivity index (χ3n) is 5.31. The lowest BCUT2D eigenvalue weighted by atomic mass is 9.96. The van der Waals surface area contributed by atoms with E-state index in [4.69, 9.17) is 21.1 Å². The number of rotatable bonds is 5. The number of nitrogens with zero attached hydrogens (tertiary/aromatic N) is 2. The molecule has 0 spiro atoms. The lowest BCUT2D eigenvalue weighted by molar-refractivity contribution is 0.0476. The lowest BCUT2D eigenvalue weighted by Crippen LogP contribution is -2.45. The zero-order chi connectivity index (χ0) is 20.2. The van der Waals surface area contributed by atoms with E-state index in [9.17, 15) is 4.79 Å². The molecule has 1 aromatic heterocycles. The van der Waals surface area contributed by atoms with Crippen LogP contribution < -0.4 is 14.8 Å². The van der Waals surface area contributed by atoms with Crippen molar-refractivity contribution in [1.29, 1.82) is 0 Å². The van der Waals surface area contributed by atoms with Crippen molar-refractivity contribution in [3.8, 4) is 11.5 Å². The summed E-state index contributed by atoms with van der Waals surface area (Å²) < 4.78 is 12.7. The zero-order valence-corrected chi connectivity index (χ0v) is 18.3. The van der Waals surface area contributed by atoms with Crippen LogP contribution in [0.5, 0.6) is 11.5 Å². The molecular weight excluding hydrogens is 458 g/mol. The molecule has 0 saturated carbocycles. The number of aromatic nitrogens is 1. The van der Waals surface area contributed by atoms with Crippen LogP contribution in [0.3, 0.4) is 0 Å². The van der Waals surface area contributed by atoms with Gasteiger partial charge in [0.25, 0.3) is 5.91 Å². The molecule has 0 radical (unpaired) electrons. The first-order valence-corrected chi connectivity index (χ1v) is 10.9. The van der Waals surface area contributed by atoms with Crippen molar-refractivity contribution in [3.05, 3.63) is 51.7 Å². The number of amides is 1. The van der Waals surface area contributed by atoms with Crippen LogP contribution in [0.4, 0.5) is 0 Å². The number of nitrogens with one attached hydrogen (secondary N) is 1. The predicted octanol–water partition coefficient (Wildman–Crippen LogP) is 3.78. The third kappa shape index (κ3) is 5.41. The van der Waals surface area contributed by atoms with Gasteiger partial charge in [0.15, 0.2) is 11.5 Å². The van der Waals surface area contributed by atoms with Crippen molar-refractivity contribution >= 4 is 33.4 Å². The number of benzene rings is 1. The summed E-state index contributed by atoms with van der Waals surface area (Å²) in [4.78, 5) is 18.7. The Hall–Kier alpha value is -1.83. The van der Waals surface area contributed by atoms with Crippen molar-refractivity contribution in [2.24, 2.45) is 5.92 Å². The Balaban J connectivity index is 1.20. The molecule has 29 heavy (non-hydrogen) atoms. The van der Waals surface area contributed by atoms with Gasteiger partial charge in [-0.15, -0.1) is 0 Å². The minimum atomic E-state index is -0.0775. The minimum Gasteiger partial charge on any atom is -0.486 e. The maximum absolute atomic E-state index is 12.3. The molecule has 2 aliphatic rings. The number of hydrogen-bond acceptors (Lipinski definition) is 5. The summed E-state index contributed by atoms with van der Waals surface area (Å²) in [6.45, 7) is 4.04. The Labute approximate surface area is 183 Å². The molecule has 1 aromatic carbocycles. The summed E-state index contributed by atoms with van der Waals surface area (Å²) in [6.07, 6.45) is 5.35. The molecule has 2 aromatic rings. The fourth-order valence-corrected chi connectivity index (χ4v) is 4.24. The van der Waals surface area contributed by atoms with Gasteiger partial charge in [-0.05, 0) is 66.0 Å². The van der Waals surface area contributed by atoms with Crippen molar-refractivity contribution in [2.75, 3.05) is 32.8 Å². The van der Waals surface area contributed by atoms with Gasteiger partial charge in [0.05, 0.1) is 5.56 Å². The normalized spacial score (nSPS) is 19.7. The van der Waals surface area contributed by atoms with Gasteiger partial charge in [-0.2, -0.15) is 0 Å². The fourth-order valence-electron chi connectivity index (χ4n) is 3.72. The first kappa shape index (κ1) is 20.4. The summed E-state index contributed by atoms with van der Waals surface area (Å²) >= 11 is 9.39. The van der Waals surface area contributed by atoms with Gasteiger partial charge in [0.1, 0.15) is 12.7 Å². The smallest absolute Gasteiger partial charge is 0.252 e. The maximum atomic E-state index is 12.3. The average molecular weight is 481 g/mol. The molecule has 1 N–H and O–H groups in total. The monoisotopic (exact) mass is 479 g/mol. The van der Waals surface area contributed by atoms with Crippen LogP contribution >= 0.6 is 27.5 Å². The first-order chi connectivity index (χ1) is 14.1. The van der Waals surface area contributed by atoms with E-state index in [0.717, 1.165) is 42.7 Å². The molecule has 1 saturated heterocycles. The van der Waals surface area contributed by atoms with E-state index in [1.54, 1.807) is 30.6 Å². The van der Waals surface area contributed by atoms with E-state index < -0.39 is 0 Å². The van der Waals surface area contributed by atoms with Crippen LogP contribution in [0.2, 0.25) is 5.02 Å². The molecule has 8 heteroatoms. The first-order valence-electron chi connectivity index (χ1n) is 9.77. The van der Waals surface area contributed by atoms with Gasteiger partial charge >= 0.3 is 0 Å². The van der Waals surface area contributed by atoms with E-state index in [2.05, 4.69) is 31.1 Å². The molecule has 6 nitrogen and oxygen atoms in total. The van der Waals surface area contributed by atoms with Gasteiger partial charge < -0.3 is 14.8 Å². The molecule has 4 rings (SSSR count). The standard InChI is InChI=1S/C21H23BrClN3O3/c22-16-7-15(10-24-11-16)21(27)25-9-14-3-5-26(6-4-14)12-18-13-28-19-2-1-17(23)8-20(19)29-18/h1-2,7-8,10-11,14,18H,3-6,9,12-13H2,(H,25,27)/t18-/m0/s1. The van der Waals surface area contributed by atoms with E-state index in [0.29, 0.717) is 35.4 Å². The molecule has 3 heterocycles. The minimum absolute atomic E-state index is 0.00115. The molecule has 154 valence electrons. The number of likely N-dealkylation sites (tertiary alicyclic amines) is 1. The van der Waals surface area contributed by atoms with Crippen molar-refractivity contribution in [3.63, 3.8) is 0 Å². The van der Waals surface area contributed by atoms with E-state index in [-0.39, 0.29) is 12.0 Å². The summed E-state index contributed by atoms with van der Waals surface area (Å²) in [7, 11) is 0. The Morgan fingerprint density at radius 1 is 1.24 bits per heavy atom. The molecular formula is C21H23BrClN3O3. The highest BCUT2D eigenvalue weighted by atomic mass is 79.9. The Morgan fingerprint density at radius 2 is 2.07 bits per heavy atom. The van der Waals surface area contributed by atoms with E-state index in [1.807, 2.05) is 6.07 Å². The number of carbonyl (C=O) groups excluding carboxylic acids is 1. The number of pyridine rings is 1. The number of halogens is 2.